The predicted octanol–water partition coefficient (Wildman–Crippen LogP) is 2.72. The Morgan fingerprint density at radius 1 is 1.42 bits per heavy atom. The lowest BCUT2D eigenvalue weighted by Gasteiger charge is -2.19. The molecule has 12 heavy (non-hydrogen) atoms. The highest BCUT2D eigenvalue weighted by Gasteiger charge is 2.18. The summed E-state index contributed by atoms with van der Waals surface area (Å²) in [5.41, 5.74) is 7.37. The molecule has 1 aromatic rings. The SMILES string of the molecule is CC(C)(C)c1ncc(N)cc1Br. The first-order valence-corrected chi connectivity index (χ1v) is 4.62. The molecule has 0 spiro atoms. The van der Waals surface area contributed by atoms with E-state index in [1.807, 2.05) is 6.07 Å². The van der Waals surface area contributed by atoms with Crippen molar-refractivity contribution in [2.75, 3.05) is 5.73 Å². The number of nitrogens with two attached hydrogens (primary N) is 1. The number of aromatic nitrogens is 1. The third-order valence-corrected chi connectivity index (χ3v) is 2.18. The van der Waals surface area contributed by atoms with Crippen molar-refractivity contribution in [3.05, 3.63) is 22.4 Å². The summed E-state index contributed by atoms with van der Waals surface area (Å²) in [7, 11) is 0. The van der Waals surface area contributed by atoms with E-state index in [4.69, 9.17) is 5.73 Å². The summed E-state index contributed by atoms with van der Waals surface area (Å²) >= 11 is 3.44. The maximum Gasteiger partial charge on any atom is 0.0600 e. The van der Waals surface area contributed by atoms with Crippen LogP contribution in [0.5, 0.6) is 0 Å². The Bertz CT molecular complexity index is 289. The van der Waals surface area contributed by atoms with Crippen molar-refractivity contribution in [3.63, 3.8) is 0 Å². The Morgan fingerprint density at radius 2 is 2.00 bits per heavy atom. The van der Waals surface area contributed by atoms with Crippen LogP contribution in [0.2, 0.25) is 0 Å². The molecule has 0 aromatic carbocycles. The number of hydrogen-bond acceptors (Lipinski definition) is 2. The fraction of sp³-hybridized carbons (Fsp3) is 0.444. The van der Waals surface area contributed by atoms with Crippen molar-refractivity contribution < 1.29 is 0 Å². The molecule has 0 fully saturated rings. The first-order valence-electron chi connectivity index (χ1n) is 3.83. The van der Waals surface area contributed by atoms with Gasteiger partial charge in [0, 0.05) is 9.89 Å². The average Bonchev–Trinajstić information content (AvgIpc) is 1.83. The van der Waals surface area contributed by atoms with E-state index in [-0.39, 0.29) is 5.41 Å². The molecule has 0 bridgehead atoms. The van der Waals surface area contributed by atoms with Crippen LogP contribution in [0.15, 0.2) is 16.7 Å². The van der Waals surface area contributed by atoms with Crippen LogP contribution in [0.4, 0.5) is 5.69 Å². The number of halogens is 1. The van der Waals surface area contributed by atoms with E-state index in [1.54, 1.807) is 6.20 Å². The first kappa shape index (κ1) is 9.52. The highest BCUT2D eigenvalue weighted by molar-refractivity contribution is 9.10. The van der Waals surface area contributed by atoms with Gasteiger partial charge in [-0.2, -0.15) is 0 Å². The fourth-order valence-electron chi connectivity index (χ4n) is 1.00. The molecule has 0 saturated carbocycles. The Morgan fingerprint density at radius 3 is 2.42 bits per heavy atom. The van der Waals surface area contributed by atoms with E-state index in [9.17, 15) is 0 Å². The van der Waals surface area contributed by atoms with E-state index in [0.717, 1.165) is 10.2 Å². The number of nitrogen functional groups attached to an aromatic ring is 1. The molecule has 0 amide bonds. The maximum atomic E-state index is 5.58. The van der Waals surface area contributed by atoms with Gasteiger partial charge in [0.05, 0.1) is 17.6 Å². The van der Waals surface area contributed by atoms with Gasteiger partial charge in [-0.1, -0.05) is 20.8 Å². The second-order valence-electron chi connectivity index (χ2n) is 3.85. The van der Waals surface area contributed by atoms with Crippen LogP contribution in [-0.2, 0) is 5.41 Å². The predicted molar refractivity (Wildman–Crippen MR) is 55.0 cm³/mol. The summed E-state index contributed by atoms with van der Waals surface area (Å²) in [4.78, 5) is 4.28. The highest BCUT2D eigenvalue weighted by atomic mass is 79.9. The van der Waals surface area contributed by atoms with E-state index < -0.39 is 0 Å². The molecular weight excluding hydrogens is 216 g/mol. The second kappa shape index (κ2) is 3.05. The molecule has 0 saturated heterocycles. The highest BCUT2D eigenvalue weighted by Crippen LogP contribution is 2.28. The number of nitrogens with zero attached hydrogens (tertiary/aromatic N) is 1. The zero-order valence-corrected chi connectivity index (χ0v) is 9.14. The van der Waals surface area contributed by atoms with Crippen LogP contribution >= 0.6 is 15.9 Å². The number of pyridine rings is 1. The fourth-order valence-corrected chi connectivity index (χ4v) is 1.97. The molecule has 0 atom stereocenters. The van der Waals surface area contributed by atoms with Gasteiger partial charge in [-0.3, -0.25) is 4.98 Å². The third kappa shape index (κ3) is 1.97. The van der Waals surface area contributed by atoms with Crippen LogP contribution < -0.4 is 5.73 Å². The minimum Gasteiger partial charge on any atom is -0.397 e. The molecule has 66 valence electrons. The van der Waals surface area contributed by atoms with Gasteiger partial charge in [-0.05, 0) is 22.0 Å². The van der Waals surface area contributed by atoms with Crippen molar-refractivity contribution in [3.8, 4) is 0 Å². The van der Waals surface area contributed by atoms with Gasteiger partial charge in [0.15, 0.2) is 0 Å². The zero-order valence-electron chi connectivity index (χ0n) is 7.56. The van der Waals surface area contributed by atoms with Crippen LogP contribution in [0.25, 0.3) is 0 Å². The van der Waals surface area contributed by atoms with Crippen LogP contribution in [-0.4, -0.2) is 4.98 Å². The molecule has 0 unspecified atom stereocenters. The van der Waals surface area contributed by atoms with Crippen molar-refractivity contribution in [1.82, 2.24) is 4.98 Å². The molecule has 2 N–H and O–H groups in total. The van der Waals surface area contributed by atoms with Crippen molar-refractivity contribution in [2.45, 2.75) is 26.2 Å². The second-order valence-corrected chi connectivity index (χ2v) is 4.70. The lowest BCUT2D eigenvalue weighted by molar-refractivity contribution is 0.565. The average molecular weight is 229 g/mol. The molecule has 3 heteroatoms. The van der Waals surface area contributed by atoms with Gasteiger partial charge in [0.25, 0.3) is 0 Å². The quantitative estimate of drug-likeness (QED) is 0.742. The topological polar surface area (TPSA) is 38.9 Å². The lowest BCUT2D eigenvalue weighted by atomic mass is 9.92. The smallest absolute Gasteiger partial charge is 0.0600 e. The van der Waals surface area contributed by atoms with E-state index >= 15 is 0 Å². The van der Waals surface area contributed by atoms with Gasteiger partial charge < -0.3 is 5.73 Å². The van der Waals surface area contributed by atoms with E-state index in [2.05, 4.69) is 41.7 Å². The standard InChI is InChI=1S/C9H13BrN2/c1-9(2,3)8-7(10)4-6(11)5-12-8/h4-5H,11H2,1-3H3. The molecule has 0 aliphatic rings. The third-order valence-electron chi connectivity index (χ3n) is 1.57. The number of hydrogen-bond donors (Lipinski definition) is 1. The summed E-state index contributed by atoms with van der Waals surface area (Å²) in [5.74, 6) is 0. The summed E-state index contributed by atoms with van der Waals surface area (Å²) in [5, 5.41) is 0. The van der Waals surface area contributed by atoms with Crippen LogP contribution in [0.3, 0.4) is 0 Å². The Kier molecular flexibility index (Phi) is 2.42. The summed E-state index contributed by atoms with van der Waals surface area (Å²) < 4.78 is 0.981. The minimum absolute atomic E-state index is 0.0620. The van der Waals surface area contributed by atoms with Gasteiger partial charge in [-0.15, -0.1) is 0 Å². The summed E-state index contributed by atoms with van der Waals surface area (Å²) in [6.45, 7) is 6.36. The van der Waals surface area contributed by atoms with E-state index in [0.29, 0.717) is 5.69 Å². The monoisotopic (exact) mass is 228 g/mol. The molecule has 2 nitrogen and oxygen atoms in total. The van der Waals surface area contributed by atoms with Crippen molar-refractivity contribution in [2.24, 2.45) is 0 Å². The normalized spacial score (nSPS) is 11.7. The molecule has 1 aromatic heterocycles. The largest absolute Gasteiger partial charge is 0.397 e. The van der Waals surface area contributed by atoms with Crippen LogP contribution in [0, 0.1) is 0 Å². The number of anilines is 1. The zero-order chi connectivity index (χ0) is 9.35. The Balaban J connectivity index is 3.19. The minimum atomic E-state index is 0.0620. The molecule has 0 radical (unpaired) electrons. The Labute approximate surface area is 81.3 Å². The van der Waals surface area contributed by atoms with Crippen molar-refractivity contribution in [1.29, 1.82) is 0 Å². The van der Waals surface area contributed by atoms with Gasteiger partial charge >= 0.3 is 0 Å². The van der Waals surface area contributed by atoms with Gasteiger partial charge in [0.2, 0.25) is 0 Å². The molecule has 1 rings (SSSR count). The summed E-state index contributed by atoms with van der Waals surface area (Å²) in [6.07, 6.45) is 1.69. The van der Waals surface area contributed by atoms with Crippen molar-refractivity contribution >= 4 is 21.6 Å². The molecule has 0 aliphatic carbocycles. The van der Waals surface area contributed by atoms with Crippen LogP contribution in [0.1, 0.15) is 26.5 Å². The summed E-state index contributed by atoms with van der Waals surface area (Å²) in [6, 6.07) is 1.88. The molecule has 0 aliphatic heterocycles. The number of rotatable bonds is 0. The molecular formula is C9H13BrN2. The van der Waals surface area contributed by atoms with E-state index in [1.165, 1.54) is 0 Å². The molecule has 1 heterocycles. The Hall–Kier alpha value is -0.570. The van der Waals surface area contributed by atoms with Gasteiger partial charge in [-0.25, -0.2) is 0 Å². The lowest BCUT2D eigenvalue weighted by Crippen LogP contribution is -2.14. The maximum absolute atomic E-state index is 5.58. The first-order chi connectivity index (χ1) is 5.41. The van der Waals surface area contributed by atoms with Gasteiger partial charge in [0.1, 0.15) is 0 Å².